The van der Waals surface area contributed by atoms with Gasteiger partial charge in [-0.3, -0.25) is 14.4 Å². The number of hydrogen-bond acceptors (Lipinski definition) is 6. The molecule has 2 amide bonds. The van der Waals surface area contributed by atoms with Crippen LogP contribution in [0.5, 0.6) is 0 Å². The topological polar surface area (TPSA) is 117 Å². The summed E-state index contributed by atoms with van der Waals surface area (Å²) in [5.41, 5.74) is -1.60. The first kappa shape index (κ1) is 20.2. The third kappa shape index (κ3) is 2.92. The number of nitrogens with zero attached hydrogens (tertiary/aromatic N) is 1. The molecular formula is C21H20N2O6S. The fraction of sp³-hybridized carbons (Fsp3) is 0.333. The average Bonchev–Trinajstić information content (AvgIpc) is 3.30. The quantitative estimate of drug-likeness (QED) is 0.409. The van der Waals surface area contributed by atoms with Crippen molar-refractivity contribution in [3.8, 4) is 0 Å². The van der Waals surface area contributed by atoms with Crippen LogP contribution in [-0.4, -0.2) is 55.3 Å². The van der Waals surface area contributed by atoms with E-state index in [-0.39, 0.29) is 12.0 Å². The highest BCUT2D eigenvalue weighted by Gasteiger charge is 2.75. The van der Waals surface area contributed by atoms with E-state index in [0.717, 1.165) is 0 Å². The molecule has 0 radical (unpaired) electrons. The Balaban J connectivity index is 1.72. The van der Waals surface area contributed by atoms with Crippen LogP contribution >= 0.6 is 11.8 Å². The summed E-state index contributed by atoms with van der Waals surface area (Å²) in [5.74, 6) is -2.58. The zero-order valence-corrected chi connectivity index (χ0v) is 17.1. The average molecular weight is 428 g/mol. The normalized spacial score (nSPS) is 26.6. The Hall–Kier alpha value is -3.07. The van der Waals surface area contributed by atoms with Crippen LogP contribution in [0.2, 0.25) is 0 Å². The minimum Gasteiger partial charge on any atom is -0.480 e. The van der Waals surface area contributed by atoms with Gasteiger partial charge in [0, 0.05) is 10.3 Å². The molecule has 2 saturated heterocycles. The molecule has 9 heteroatoms. The first-order valence-corrected chi connectivity index (χ1v) is 10.2. The van der Waals surface area contributed by atoms with E-state index in [1.54, 1.807) is 56.3 Å². The number of Topliss-reactive ketones (excluding diaryl/α,β-unsaturated/α-hetero) is 1. The molecule has 30 heavy (non-hydrogen) atoms. The maximum atomic E-state index is 13.5. The van der Waals surface area contributed by atoms with Crippen molar-refractivity contribution in [3.05, 3.63) is 60.1 Å². The lowest BCUT2D eigenvalue weighted by Crippen LogP contribution is -2.82. The SMILES string of the molecule is CC1(C)S[C@H]2N(C(=O)[C@@]2(NC(=O)Cc2ccco2)C(=O)c2ccccc2)[C@H]1C(=O)O. The van der Waals surface area contributed by atoms with Gasteiger partial charge < -0.3 is 19.7 Å². The Morgan fingerprint density at radius 3 is 2.47 bits per heavy atom. The fourth-order valence-corrected chi connectivity index (χ4v) is 5.79. The number of fused-ring (bicyclic) bond motifs is 1. The minimum absolute atomic E-state index is 0.146. The van der Waals surface area contributed by atoms with E-state index in [1.807, 2.05) is 0 Å². The molecular weight excluding hydrogens is 408 g/mol. The van der Waals surface area contributed by atoms with Crippen molar-refractivity contribution in [1.82, 2.24) is 10.2 Å². The maximum absolute atomic E-state index is 13.5. The number of hydrogen-bond donors (Lipinski definition) is 2. The summed E-state index contributed by atoms with van der Waals surface area (Å²) in [5, 5.41) is 11.5. The number of carboxylic acid groups (broad SMARTS) is 1. The summed E-state index contributed by atoms with van der Waals surface area (Å²) in [6.45, 7) is 3.43. The second kappa shape index (κ2) is 7.02. The predicted molar refractivity (Wildman–Crippen MR) is 108 cm³/mol. The lowest BCUT2D eigenvalue weighted by Gasteiger charge is -2.51. The van der Waals surface area contributed by atoms with Crippen LogP contribution in [0.15, 0.2) is 53.1 Å². The molecule has 2 aromatic rings. The van der Waals surface area contributed by atoms with Gasteiger partial charge in [0.1, 0.15) is 17.2 Å². The van der Waals surface area contributed by atoms with Crippen LogP contribution < -0.4 is 5.32 Å². The summed E-state index contributed by atoms with van der Waals surface area (Å²) in [6.07, 6.45) is 1.28. The molecule has 156 valence electrons. The van der Waals surface area contributed by atoms with Crippen molar-refractivity contribution in [2.75, 3.05) is 0 Å². The molecule has 8 nitrogen and oxygen atoms in total. The molecule has 4 rings (SSSR count). The summed E-state index contributed by atoms with van der Waals surface area (Å²) in [7, 11) is 0. The Kier molecular flexibility index (Phi) is 4.73. The Bertz CT molecular complexity index is 1020. The first-order chi connectivity index (χ1) is 14.2. The standard InChI is InChI=1S/C21H20N2O6S/c1-20(2)15(17(26)27)23-18(28)21(19(23)30-20,16(25)12-7-4-3-5-8-12)22-14(24)11-13-9-6-10-29-13/h3-10,15,19H,11H2,1-2H3,(H,22,24)(H,26,27)/t15-,19+,21-/m0/s1. The van der Waals surface area contributed by atoms with Crippen LogP contribution in [0.1, 0.15) is 30.0 Å². The number of carbonyl (C=O) groups is 4. The number of thioether (sulfide) groups is 1. The number of ketones is 1. The maximum Gasteiger partial charge on any atom is 0.327 e. The van der Waals surface area contributed by atoms with Gasteiger partial charge in [-0.25, -0.2) is 4.79 Å². The molecule has 0 bridgehead atoms. The summed E-state index contributed by atoms with van der Waals surface area (Å²) >= 11 is 1.20. The van der Waals surface area contributed by atoms with Crippen LogP contribution in [0.4, 0.5) is 0 Å². The molecule has 3 heterocycles. The van der Waals surface area contributed by atoms with Crippen molar-refractivity contribution in [2.24, 2.45) is 0 Å². The number of benzene rings is 1. The van der Waals surface area contributed by atoms with Gasteiger partial charge in [0.2, 0.25) is 17.2 Å². The van der Waals surface area contributed by atoms with Crippen molar-refractivity contribution in [3.63, 3.8) is 0 Å². The molecule has 0 spiro atoms. The van der Waals surface area contributed by atoms with Crippen molar-refractivity contribution in [2.45, 2.75) is 42.0 Å². The van der Waals surface area contributed by atoms with Gasteiger partial charge in [-0.2, -0.15) is 0 Å². The van der Waals surface area contributed by atoms with Gasteiger partial charge >= 0.3 is 5.97 Å². The molecule has 3 atom stereocenters. The van der Waals surface area contributed by atoms with E-state index in [4.69, 9.17) is 4.42 Å². The lowest BCUT2D eigenvalue weighted by atomic mass is 9.78. The van der Waals surface area contributed by atoms with Gasteiger partial charge in [0.25, 0.3) is 5.91 Å². The van der Waals surface area contributed by atoms with Gasteiger partial charge in [-0.15, -0.1) is 11.8 Å². The van der Waals surface area contributed by atoms with Crippen LogP contribution in [0.25, 0.3) is 0 Å². The highest BCUT2D eigenvalue weighted by molar-refractivity contribution is 8.01. The Morgan fingerprint density at radius 1 is 1.17 bits per heavy atom. The van der Waals surface area contributed by atoms with Crippen LogP contribution in [-0.2, 0) is 20.8 Å². The molecule has 0 saturated carbocycles. The second-order valence-electron chi connectivity index (χ2n) is 7.83. The predicted octanol–water partition coefficient (Wildman–Crippen LogP) is 1.71. The van der Waals surface area contributed by atoms with Crippen molar-refractivity contribution in [1.29, 1.82) is 0 Å². The zero-order valence-electron chi connectivity index (χ0n) is 16.3. The first-order valence-electron chi connectivity index (χ1n) is 9.35. The molecule has 1 aromatic carbocycles. The summed E-state index contributed by atoms with van der Waals surface area (Å²) in [4.78, 5) is 52.6. The third-order valence-electron chi connectivity index (χ3n) is 5.43. The summed E-state index contributed by atoms with van der Waals surface area (Å²) < 4.78 is 4.35. The van der Waals surface area contributed by atoms with E-state index in [9.17, 15) is 24.3 Å². The molecule has 2 fully saturated rings. The Labute approximate surface area is 176 Å². The Morgan fingerprint density at radius 2 is 1.87 bits per heavy atom. The molecule has 1 aromatic heterocycles. The van der Waals surface area contributed by atoms with Gasteiger partial charge in [0.05, 0.1) is 12.7 Å². The number of β-lactam (4-membered cyclic amide) rings is 1. The summed E-state index contributed by atoms with van der Waals surface area (Å²) in [6, 6.07) is 10.4. The highest BCUT2D eigenvalue weighted by atomic mass is 32.2. The largest absolute Gasteiger partial charge is 0.480 e. The monoisotopic (exact) mass is 428 g/mol. The molecule has 2 aliphatic heterocycles. The number of carbonyl (C=O) groups excluding carboxylic acids is 3. The van der Waals surface area contributed by atoms with Gasteiger partial charge in [0.15, 0.2) is 0 Å². The highest BCUT2D eigenvalue weighted by Crippen LogP contribution is 2.55. The van der Waals surface area contributed by atoms with E-state index in [1.165, 1.54) is 22.9 Å². The smallest absolute Gasteiger partial charge is 0.327 e. The third-order valence-corrected chi connectivity index (χ3v) is 7.06. The molecule has 2 aliphatic rings. The second-order valence-corrected chi connectivity index (χ2v) is 9.57. The van der Waals surface area contributed by atoms with E-state index >= 15 is 0 Å². The molecule has 0 aliphatic carbocycles. The molecule has 0 unspecified atom stereocenters. The number of furan rings is 1. The van der Waals surface area contributed by atoms with Crippen LogP contribution in [0.3, 0.4) is 0 Å². The van der Waals surface area contributed by atoms with E-state index in [2.05, 4.69) is 5.32 Å². The minimum atomic E-state index is -1.86. The number of rotatable bonds is 6. The van der Waals surface area contributed by atoms with E-state index < -0.39 is 45.3 Å². The van der Waals surface area contributed by atoms with Crippen LogP contribution in [0, 0.1) is 0 Å². The van der Waals surface area contributed by atoms with Gasteiger partial charge in [-0.05, 0) is 26.0 Å². The number of amides is 2. The van der Waals surface area contributed by atoms with Crippen molar-refractivity contribution >= 4 is 35.3 Å². The number of aliphatic carboxylic acids is 1. The lowest BCUT2D eigenvalue weighted by molar-refractivity contribution is -0.165. The fourth-order valence-electron chi connectivity index (χ4n) is 4.09. The van der Waals surface area contributed by atoms with Crippen molar-refractivity contribution < 1.29 is 28.7 Å². The molecule has 2 N–H and O–H groups in total. The van der Waals surface area contributed by atoms with E-state index in [0.29, 0.717) is 5.76 Å². The zero-order chi connectivity index (χ0) is 21.7. The van der Waals surface area contributed by atoms with Gasteiger partial charge in [-0.1, -0.05) is 30.3 Å². The number of carboxylic acids is 1. The number of nitrogens with one attached hydrogen (secondary N) is 1.